The number of hydrogen-bond donors (Lipinski definition) is 0. The van der Waals surface area contributed by atoms with Crippen molar-refractivity contribution in [1.29, 1.82) is 0 Å². The van der Waals surface area contributed by atoms with Gasteiger partial charge in [0, 0.05) is 17.1 Å². The molecular formula is C22H17ClFNO. The molecular weight excluding hydrogens is 349 g/mol. The number of carbonyl (C=O) groups excluding carboxylic acids is 1. The Labute approximate surface area is 156 Å². The zero-order valence-electron chi connectivity index (χ0n) is 14.0. The van der Waals surface area contributed by atoms with E-state index in [1.807, 2.05) is 42.5 Å². The van der Waals surface area contributed by atoms with Crippen LogP contribution in [0, 0.1) is 5.82 Å². The molecule has 3 aromatic rings. The summed E-state index contributed by atoms with van der Waals surface area (Å²) in [5.41, 5.74) is 3.50. The molecule has 0 N–H and O–H groups in total. The third-order valence-electron chi connectivity index (χ3n) is 4.82. The zero-order valence-corrected chi connectivity index (χ0v) is 14.8. The normalized spacial score (nSPS) is 16.2. The van der Waals surface area contributed by atoms with Crippen LogP contribution in [0.1, 0.15) is 33.1 Å². The summed E-state index contributed by atoms with van der Waals surface area (Å²) in [5, 5.41) is 0.617. The molecule has 2 nitrogen and oxygen atoms in total. The Morgan fingerprint density at radius 1 is 0.962 bits per heavy atom. The van der Waals surface area contributed by atoms with E-state index < -0.39 is 5.82 Å². The Morgan fingerprint density at radius 2 is 1.69 bits per heavy atom. The minimum absolute atomic E-state index is 0.191. The van der Waals surface area contributed by atoms with Crippen LogP contribution in [-0.2, 0) is 6.42 Å². The lowest BCUT2D eigenvalue weighted by Gasteiger charge is -2.38. The summed E-state index contributed by atoms with van der Waals surface area (Å²) in [6, 6.07) is 21.2. The minimum atomic E-state index is -0.414. The second-order valence-electron chi connectivity index (χ2n) is 6.38. The van der Waals surface area contributed by atoms with E-state index in [-0.39, 0.29) is 11.9 Å². The van der Waals surface area contributed by atoms with E-state index in [1.54, 1.807) is 17.0 Å². The van der Waals surface area contributed by atoms with Crippen molar-refractivity contribution in [3.05, 3.63) is 106 Å². The van der Waals surface area contributed by atoms with Gasteiger partial charge in [-0.2, -0.15) is 0 Å². The largest absolute Gasteiger partial charge is 0.327 e. The van der Waals surface area contributed by atoms with Crippen LogP contribution in [0.4, 0.5) is 4.39 Å². The molecule has 1 aliphatic heterocycles. The number of nitrogens with zero attached hydrogens (tertiary/aromatic N) is 1. The molecule has 4 rings (SSSR count). The summed E-state index contributed by atoms with van der Waals surface area (Å²) in [4.78, 5) is 15.0. The van der Waals surface area contributed by atoms with Crippen molar-refractivity contribution in [2.75, 3.05) is 6.54 Å². The molecule has 1 heterocycles. The van der Waals surface area contributed by atoms with Gasteiger partial charge in [0.15, 0.2) is 0 Å². The van der Waals surface area contributed by atoms with Crippen molar-refractivity contribution >= 4 is 17.5 Å². The smallest absolute Gasteiger partial charge is 0.254 e. The van der Waals surface area contributed by atoms with Crippen molar-refractivity contribution in [3.63, 3.8) is 0 Å². The van der Waals surface area contributed by atoms with E-state index in [1.165, 1.54) is 17.7 Å². The standard InChI is InChI=1S/C22H17ClFNO/c23-20-11-4-3-10-19(20)21-18-9-2-1-6-15(18)12-13-25(21)22(26)16-7-5-8-17(24)14-16/h1-11,14,21H,12-13H2/t21-/m0/s1. The molecule has 0 saturated heterocycles. The SMILES string of the molecule is O=C(c1cccc(F)c1)N1CCc2ccccc2[C@H]1c1ccccc1Cl. The van der Waals surface area contributed by atoms with Crippen LogP contribution in [0.5, 0.6) is 0 Å². The summed E-state index contributed by atoms with van der Waals surface area (Å²) < 4.78 is 13.6. The fourth-order valence-corrected chi connectivity index (χ4v) is 3.84. The second kappa shape index (κ2) is 6.93. The number of hydrogen-bond acceptors (Lipinski definition) is 1. The van der Waals surface area contributed by atoms with E-state index in [9.17, 15) is 9.18 Å². The maximum Gasteiger partial charge on any atom is 0.254 e. The Kier molecular flexibility index (Phi) is 4.48. The summed E-state index contributed by atoms with van der Waals surface area (Å²) >= 11 is 6.47. The Bertz CT molecular complexity index is 972. The summed E-state index contributed by atoms with van der Waals surface area (Å²) in [6.45, 7) is 0.558. The predicted molar refractivity (Wildman–Crippen MR) is 101 cm³/mol. The van der Waals surface area contributed by atoms with Gasteiger partial charge in [0.05, 0.1) is 6.04 Å². The van der Waals surface area contributed by atoms with Gasteiger partial charge in [-0.05, 0) is 47.4 Å². The molecule has 1 atom stereocenters. The fourth-order valence-electron chi connectivity index (χ4n) is 3.60. The lowest BCUT2D eigenvalue weighted by molar-refractivity contribution is 0.0694. The van der Waals surface area contributed by atoms with Gasteiger partial charge >= 0.3 is 0 Å². The lowest BCUT2D eigenvalue weighted by atomic mass is 9.87. The molecule has 0 saturated carbocycles. The Hall–Kier alpha value is -2.65. The highest BCUT2D eigenvalue weighted by Gasteiger charge is 2.33. The summed E-state index contributed by atoms with van der Waals surface area (Å²) in [7, 11) is 0. The highest BCUT2D eigenvalue weighted by Crippen LogP contribution is 2.38. The van der Waals surface area contributed by atoms with Crippen LogP contribution in [0.2, 0.25) is 5.02 Å². The molecule has 26 heavy (non-hydrogen) atoms. The fraction of sp³-hybridized carbons (Fsp3) is 0.136. The molecule has 0 aliphatic carbocycles. The molecule has 3 aromatic carbocycles. The first-order valence-electron chi connectivity index (χ1n) is 8.54. The number of halogens is 2. The van der Waals surface area contributed by atoms with Crippen molar-refractivity contribution in [2.24, 2.45) is 0 Å². The number of amides is 1. The summed E-state index contributed by atoms with van der Waals surface area (Å²) in [5.74, 6) is -0.605. The predicted octanol–water partition coefficient (Wildman–Crippen LogP) is 5.27. The topological polar surface area (TPSA) is 20.3 Å². The molecule has 130 valence electrons. The number of carbonyl (C=O) groups is 1. The molecule has 4 heteroatoms. The van der Waals surface area contributed by atoms with Crippen LogP contribution in [0.25, 0.3) is 0 Å². The maximum atomic E-state index is 13.6. The minimum Gasteiger partial charge on any atom is -0.327 e. The third-order valence-corrected chi connectivity index (χ3v) is 5.16. The Balaban J connectivity index is 1.83. The summed E-state index contributed by atoms with van der Waals surface area (Å²) in [6.07, 6.45) is 0.762. The first-order valence-corrected chi connectivity index (χ1v) is 8.92. The van der Waals surface area contributed by atoms with Crippen molar-refractivity contribution in [3.8, 4) is 0 Å². The van der Waals surface area contributed by atoms with Gasteiger partial charge in [0.2, 0.25) is 0 Å². The van der Waals surface area contributed by atoms with E-state index in [2.05, 4.69) is 6.07 Å². The van der Waals surface area contributed by atoms with Crippen molar-refractivity contribution in [2.45, 2.75) is 12.5 Å². The van der Waals surface area contributed by atoms with Crippen LogP contribution >= 0.6 is 11.6 Å². The van der Waals surface area contributed by atoms with E-state index >= 15 is 0 Å². The molecule has 0 unspecified atom stereocenters. The molecule has 0 spiro atoms. The van der Waals surface area contributed by atoms with Crippen molar-refractivity contribution < 1.29 is 9.18 Å². The molecule has 0 aromatic heterocycles. The molecule has 0 radical (unpaired) electrons. The Morgan fingerprint density at radius 3 is 2.46 bits per heavy atom. The monoisotopic (exact) mass is 365 g/mol. The van der Waals surface area contributed by atoms with E-state index in [4.69, 9.17) is 11.6 Å². The van der Waals surface area contributed by atoms with Crippen molar-refractivity contribution in [1.82, 2.24) is 4.90 Å². The average molecular weight is 366 g/mol. The zero-order chi connectivity index (χ0) is 18.1. The van der Waals surface area contributed by atoms with Crippen LogP contribution in [0.3, 0.4) is 0 Å². The first-order chi connectivity index (χ1) is 12.6. The molecule has 0 fully saturated rings. The van der Waals surface area contributed by atoms with Gasteiger partial charge in [0.1, 0.15) is 5.82 Å². The van der Waals surface area contributed by atoms with Crippen LogP contribution in [0.15, 0.2) is 72.8 Å². The molecule has 1 aliphatic rings. The van der Waals surface area contributed by atoms with Gasteiger partial charge in [-0.25, -0.2) is 4.39 Å². The first kappa shape index (κ1) is 16.8. The van der Waals surface area contributed by atoms with E-state index in [0.29, 0.717) is 17.1 Å². The molecule has 0 bridgehead atoms. The average Bonchev–Trinajstić information content (AvgIpc) is 2.67. The van der Waals surface area contributed by atoms with Gasteiger partial charge in [-0.1, -0.05) is 60.1 Å². The van der Waals surface area contributed by atoms with E-state index in [0.717, 1.165) is 17.5 Å². The third kappa shape index (κ3) is 2.99. The number of rotatable bonds is 2. The maximum absolute atomic E-state index is 13.6. The van der Waals surface area contributed by atoms with Crippen LogP contribution < -0.4 is 0 Å². The highest BCUT2D eigenvalue weighted by atomic mass is 35.5. The molecule has 1 amide bonds. The number of benzene rings is 3. The number of fused-ring (bicyclic) bond motifs is 1. The van der Waals surface area contributed by atoms with Gasteiger partial charge in [0.25, 0.3) is 5.91 Å². The quantitative estimate of drug-likeness (QED) is 0.606. The van der Waals surface area contributed by atoms with Gasteiger partial charge in [-0.15, -0.1) is 0 Å². The second-order valence-corrected chi connectivity index (χ2v) is 6.79. The van der Waals surface area contributed by atoms with Crippen LogP contribution in [-0.4, -0.2) is 17.4 Å². The lowest BCUT2D eigenvalue weighted by Crippen LogP contribution is -2.40. The highest BCUT2D eigenvalue weighted by molar-refractivity contribution is 6.31. The van der Waals surface area contributed by atoms with Gasteiger partial charge < -0.3 is 4.90 Å². The van der Waals surface area contributed by atoms with Gasteiger partial charge in [-0.3, -0.25) is 4.79 Å².